The number of nitrogens with one attached hydrogen (secondary N) is 2. The van der Waals surface area contributed by atoms with Crippen molar-refractivity contribution in [2.24, 2.45) is 11.3 Å². The third-order valence-electron chi connectivity index (χ3n) is 4.90. The van der Waals surface area contributed by atoms with Gasteiger partial charge in [0.1, 0.15) is 5.82 Å². The molecule has 3 rings (SSSR count). The minimum Gasteiger partial charge on any atom is -0.351 e. The lowest BCUT2D eigenvalue weighted by Crippen LogP contribution is -2.45. The van der Waals surface area contributed by atoms with Crippen LogP contribution in [0.1, 0.15) is 42.5 Å². The van der Waals surface area contributed by atoms with Crippen molar-refractivity contribution >= 4 is 17.5 Å². The third kappa shape index (κ3) is 3.61. The monoisotopic (exact) mass is 324 g/mol. The number of piperidine rings is 1. The van der Waals surface area contributed by atoms with Gasteiger partial charge in [0.25, 0.3) is 5.91 Å². The zero-order chi connectivity index (χ0) is 15.6. The van der Waals surface area contributed by atoms with Crippen molar-refractivity contribution in [2.45, 2.75) is 32.1 Å². The zero-order valence-corrected chi connectivity index (χ0v) is 13.4. The molecule has 3 nitrogen and oxygen atoms in total. The lowest BCUT2D eigenvalue weighted by Gasteiger charge is -2.38. The molecule has 2 fully saturated rings. The van der Waals surface area contributed by atoms with Crippen molar-refractivity contribution in [3.05, 3.63) is 34.6 Å². The highest BCUT2D eigenvalue weighted by atomic mass is 35.5. The van der Waals surface area contributed by atoms with E-state index in [4.69, 9.17) is 11.6 Å². The minimum absolute atomic E-state index is 0.0420. The van der Waals surface area contributed by atoms with Crippen LogP contribution in [0.15, 0.2) is 18.2 Å². The highest BCUT2D eigenvalue weighted by molar-refractivity contribution is 6.33. The van der Waals surface area contributed by atoms with E-state index >= 15 is 0 Å². The van der Waals surface area contributed by atoms with Gasteiger partial charge in [-0.05, 0) is 55.8 Å². The summed E-state index contributed by atoms with van der Waals surface area (Å²) in [6.45, 7) is 2.58. The standard InChI is InChI=1S/C17H22ClFN2O/c18-13-2-1-3-14(19)15(13)16(22)21-11-17(10-12-4-5-12)6-8-20-9-7-17/h1-3,12,20H,4-11H2,(H,21,22). The van der Waals surface area contributed by atoms with E-state index in [0.717, 1.165) is 31.8 Å². The second-order valence-electron chi connectivity index (χ2n) is 6.68. The summed E-state index contributed by atoms with van der Waals surface area (Å²) < 4.78 is 13.8. The van der Waals surface area contributed by atoms with E-state index in [0.29, 0.717) is 6.54 Å². The van der Waals surface area contributed by atoms with Crippen molar-refractivity contribution in [1.29, 1.82) is 0 Å². The maximum absolute atomic E-state index is 13.8. The molecule has 22 heavy (non-hydrogen) atoms. The number of rotatable bonds is 5. The van der Waals surface area contributed by atoms with Gasteiger partial charge in [-0.3, -0.25) is 4.79 Å². The minimum atomic E-state index is -0.563. The van der Waals surface area contributed by atoms with E-state index in [-0.39, 0.29) is 16.0 Å². The van der Waals surface area contributed by atoms with Gasteiger partial charge in [0, 0.05) is 6.54 Å². The first-order chi connectivity index (χ1) is 10.6. The molecule has 0 unspecified atom stereocenters. The van der Waals surface area contributed by atoms with Crippen molar-refractivity contribution in [1.82, 2.24) is 10.6 Å². The smallest absolute Gasteiger partial charge is 0.255 e. The molecule has 120 valence electrons. The molecule has 0 spiro atoms. The summed E-state index contributed by atoms with van der Waals surface area (Å²) in [7, 11) is 0. The van der Waals surface area contributed by atoms with Crippen LogP contribution >= 0.6 is 11.6 Å². The van der Waals surface area contributed by atoms with Crippen molar-refractivity contribution in [3.8, 4) is 0 Å². The molecule has 0 aromatic heterocycles. The summed E-state index contributed by atoms with van der Waals surface area (Å²) in [4.78, 5) is 12.3. The fraction of sp³-hybridized carbons (Fsp3) is 0.588. The van der Waals surface area contributed by atoms with Crippen LogP contribution in [0, 0.1) is 17.2 Å². The normalized spacial score (nSPS) is 20.6. The first-order valence-corrected chi connectivity index (χ1v) is 8.40. The Balaban J connectivity index is 1.67. The molecule has 1 aromatic carbocycles. The van der Waals surface area contributed by atoms with Gasteiger partial charge in [0.2, 0.25) is 0 Å². The van der Waals surface area contributed by atoms with Crippen molar-refractivity contribution < 1.29 is 9.18 Å². The first kappa shape index (κ1) is 15.8. The number of halogens is 2. The zero-order valence-electron chi connectivity index (χ0n) is 12.6. The molecule has 1 saturated carbocycles. The summed E-state index contributed by atoms with van der Waals surface area (Å²) in [5, 5.41) is 6.48. The van der Waals surface area contributed by atoms with Crippen LogP contribution in [0.4, 0.5) is 4.39 Å². The molecule has 1 aliphatic heterocycles. The number of hydrogen-bond acceptors (Lipinski definition) is 2. The van der Waals surface area contributed by atoms with Crippen LogP contribution in [0.25, 0.3) is 0 Å². The van der Waals surface area contributed by atoms with Gasteiger partial charge in [-0.15, -0.1) is 0 Å². The van der Waals surface area contributed by atoms with Crippen LogP contribution in [-0.4, -0.2) is 25.5 Å². The Kier molecular flexibility index (Phi) is 4.69. The van der Waals surface area contributed by atoms with Crippen LogP contribution in [0.3, 0.4) is 0 Å². The van der Waals surface area contributed by atoms with Crippen LogP contribution in [0.2, 0.25) is 5.02 Å². The summed E-state index contributed by atoms with van der Waals surface area (Å²) in [5.74, 6) is -0.157. The largest absolute Gasteiger partial charge is 0.351 e. The van der Waals surface area contributed by atoms with Crippen molar-refractivity contribution in [2.75, 3.05) is 19.6 Å². The van der Waals surface area contributed by atoms with Gasteiger partial charge in [0.05, 0.1) is 10.6 Å². The Morgan fingerprint density at radius 3 is 2.73 bits per heavy atom. The fourth-order valence-corrected chi connectivity index (χ4v) is 3.66. The molecule has 1 heterocycles. The average Bonchev–Trinajstić information content (AvgIpc) is 3.30. The van der Waals surface area contributed by atoms with Crippen LogP contribution in [0.5, 0.6) is 0 Å². The first-order valence-electron chi connectivity index (χ1n) is 8.03. The Morgan fingerprint density at radius 1 is 1.36 bits per heavy atom. The van der Waals surface area contributed by atoms with Gasteiger partial charge < -0.3 is 10.6 Å². The Labute approximate surface area is 135 Å². The molecule has 0 radical (unpaired) electrons. The van der Waals surface area contributed by atoms with Crippen LogP contribution < -0.4 is 10.6 Å². The van der Waals surface area contributed by atoms with E-state index in [1.165, 1.54) is 31.4 Å². The molecule has 0 atom stereocenters. The number of amides is 1. The fourth-order valence-electron chi connectivity index (χ4n) is 3.42. The Bertz CT molecular complexity index is 533. The number of benzene rings is 1. The van der Waals surface area contributed by atoms with E-state index in [2.05, 4.69) is 10.6 Å². The van der Waals surface area contributed by atoms with Gasteiger partial charge in [-0.1, -0.05) is 30.5 Å². The summed E-state index contributed by atoms with van der Waals surface area (Å²) in [6, 6.07) is 4.32. The highest BCUT2D eigenvalue weighted by Gasteiger charge is 2.38. The molecule has 2 aliphatic rings. The Hall–Kier alpha value is -1.13. The van der Waals surface area contributed by atoms with E-state index in [9.17, 15) is 9.18 Å². The molecule has 1 aromatic rings. The van der Waals surface area contributed by atoms with Gasteiger partial charge >= 0.3 is 0 Å². The molecule has 1 aliphatic carbocycles. The molecule has 1 saturated heterocycles. The maximum Gasteiger partial charge on any atom is 0.255 e. The lowest BCUT2D eigenvalue weighted by atomic mass is 9.74. The van der Waals surface area contributed by atoms with E-state index in [1.807, 2.05) is 0 Å². The van der Waals surface area contributed by atoms with Gasteiger partial charge in [-0.25, -0.2) is 4.39 Å². The van der Waals surface area contributed by atoms with Crippen LogP contribution in [-0.2, 0) is 0 Å². The average molecular weight is 325 g/mol. The SMILES string of the molecule is O=C(NCC1(CC2CC2)CCNCC1)c1c(F)cccc1Cl. The van der Waals surface area contributed by atoms with Crippen molar-refractivity contribution in [3.63, 3.8) is 0 Å². The van der Waals surface area contributed by atoms with Gasteiger partial charge in [-0.2, -0.15) is 0 Å². The number of hydrogen-bond donors (Lipinski definition) is 2. The lowest BCUT2D eigenvalue weighted by molar-refractivity contribution is 0.0898. The third-order valence-corrected chi connectivity index (χ3v) is 5.21. The topological polar surface area (TPSA) is 41.1 Å². The molecule has 1 amide bonds. The van der Waals surface area contributed by atoms with E-state index < -0.39 is 11.7 Å². The molecular formula is C17H22ClFN2O. The molecular weight excluding hydrogens is 303 g/mol. The predicted octanol–water partition coefficient (Wildman–Crippen LogP) is 3.38. The molecule has 0 bridgehead atoms. The second-order valence-corrected chi connectivity index (χ2v) is 7.08. The summed E-state index contributed by atoms with van der Waals surface area (Å²) in [5.41, 5.74) is 0.111. The maximum atomic E-state index is 13.8. The number of carbonyl (C=O) groups excluding carboxylic acids is 1. The molecule has 2 N–H and O–H groups in total. The number of carbonyl (C=O) groups is 1. The molecule has 5 heteroatoms. The quantitative estimate of drug-likeness (QED) is 0.871. The summed E-state index contributed by atoms with van der Waals surface area (Å²) in [6.07, 6.45) is 5.91. The second kappa shape index (κ2) is 6.55. The highest BCUT2D eigenvalue weighted by Crippen LogP contribution is 2.44. The summed E-state index contributed by atoms with van der Waals surface area (Å²) >= 11 is 5.96. The predicted molar refractivity (Wildman–Crippen MR) is 85.6 cm³/mol. The van der Waals surface area contributed by atoms with E-state index in [1.54, 1.807) is 6.07 Å². The Morgan fingerprint density at radius 2 is 2.09 bits per heavy atom. The van der Waals surface area contributed by atoms with Gasteiger partial charge in [0.15, 0.2) is 0 Å².